The van der Waals surface area contributed by atoms with Gasteiger partial charge in [-0.05, 0) is 17.9 Å². The van der Waals surface area contributed by atoms with Crippen LogP contribution in [0.4, 0.5) is 4.39 Å². The molecule has 0 fully saturated rings. The number of rotatable bonds is 1. The molecular weight excluding hydrogens is 119 g/mol. The lowest BCUT2D eigenvalue weighted by atomic mass is 10.3. The molecule has 1 rings (SSSR count). The number of hydrogen-bond donors (Lipinski definition) is 0. The largest absolute Gasteiger partial charge is 0.493 e. The molecule has 0 heterocycles. The Hall–Kier alpha value is -1.23. The van der Waals surface area contributed by atoms with E-state index in [0.717, 1.165) is 0 Å². The first kappa shape index (κ1) is 5.90. The van der Waals surface area contributed by atoms with Gasteiger partial charge in [0.1, 0.15) is 0 Å². The van der Waals surface area contributed by atoms with Gasteiger partial charge in [0.2, 0.25) is 5.83 Å². The highest BCUT2D eigenvalue weighted by Crippen LogP contribution is 2.11. The van der Waals surface area contributed by atoms with E-state index in [9.17, 15) is 4.39 Å². The van der Waals surface area contributed by atoms with Gasteiger partial charge < -0.3 is 4.74 Å². The molecule has 1 nitrogen and oxygen atoms in total. The van der Waals surface area contributed by atoms with Crippen molar-refractivity contribution in [3.8, 4) is 0 Å². The second kappa shape index (κ2) is 2.36. The van der Waals surface area contributed by atoms with Crippen LogP contribution in [0.25, 0.3) is 0 Å². The van der Waals surface area contributed by atoms with Gasteiger partial charge in [0, 0.05) is 0 Å². The van der Waals surface area contributed by atoms with Gasteiger partial charge in [-0.3, -0.25) is 0 Å². The number of allylic oxidation sites excluding steroid dienone is 3. The molecule has 0 atom stereocenters. The highest BCUT2D eigenvalue weighted by molar-refractivity contribution is 5.26. The van der Waals surface area contributed by atoms with E-state index in [1.54, 1.807) is 6.08 Å². The third-order valence-corrected chi connectivity index (χ3v) is 0.936. The van der Waals surface area contributed by atoms with Crippen molar-refractivity contribution in [2.75, 3.05) is 7.11 Å². The molecule has 0 aliphatic heterocycles. The maximum Gasteiger partial charge on any atom is 0.215 e. The summed E-state index contributed by atoms with van der Waals surface area (Å²) < 4.78 is 17.0. The summed E-state index contributed by atoms with van der Waals surface area (Å²) in [5.74, 6) is -0.297. The number of hydrogen-bond acceptors (Lipinski definition) is 1. The highest BCUT2D eigenvalue weighted by Gasteiger charge is 2.01. The van der Waals surface area contributed by atoms with E-state index in [4.69, 9.17) is 0 Å². The van der Waals surface area contributed by atoms with Crippen molar-refractivity contribution in [1.29, 1.82) is 0 Å². The Kier molecular flexibility index (Phi) is 1.55. The fourth-order valence-corrected chi connectivity index (χ4v) is 0.515. The predicted octanol–water partition coefficient (Wildman–Crippen LogP) is 1.69. The number of halogens is 1. The van der Waals surface area contributed by atoms with Crippen LogP contribution in [0.15, 0.2) is 35.2 Å². The van der Waals surface area contributed by atoms with E-state index in [1.165, 1.54) is 13.2 Å². The Morgan fingerprint density at radius 1 is 1.67 bits per heavy atom. The van der Waals surface area contributed by atoms with Gasteiger partial charge in [-0.2, -0.15) is 4.39 Å². The number of methoxy groups -OCH3 is 1. The summed E-state index contributed by atoms with van der Waals surface area (Å²) in [5, 5.41) is 0. The summed E-state index contributed by atoms with van der Waals surface area (Å²) in [6.07, 6.45) is 3.04. The zero-order valence-corrected chi connectivity index (χ0v) is 4.94. The smallest absolute Gasteiger partial charge is 0.215 e. The second-order valence-electron chi connectivity index (χ2n) is 1.49. The molecule has 0 spiro atoms. The Balaban J connectivity index is 2.97. The molecule has 0 aromatic rings. The average molecular weight is 124 g/mol. The first-order chi connectivity index (χ1) is 4.34. The van der Waals surface area contributed by atoms with Crippen LogP contribution in [0, 0.1) is 0 Å². The van der Waals surface area contributed by atoms with Crippen LogP contribution in [0.5, 0.6) is 0 Å². The van der Waals surface area contributed by atoms with Crippen LogP contribution < -0.4 is 0 Å². The molecule has 1 aliphatic carbocycles. The van der Waals surface area contributed by atoms with Gasteiger partial charge in [0.05, 0.1) is 7.11 Å². The molecule has 2 heteroatoms. The lowest BCUT2D eigenvalue weighted by molar-refractivity contribution is 0.283. The molecule has 0 unspecified atom stereocenters. The standard InChI is InChI=1S/C7H5FO/c1-9-7-5-3-2-4-6(7)8/h3,5H,1H3. The third kappa shape index (κ3) is 1.11. The van der Waals surface area contributed by atoms with E-state index in [2.05, 4.69) is 16.2 Å². The summed E-state index contributed by atoms with van der Waals surface area (Å²) in [5.41, 5.74) is 4.69. The summed E-state index contributed by atoms with van der Waals surface area (Å²) in [6, 6.07) is 0. The van der Waals surface area contributed by atoms with Crippen molar-refractivity contribution < 1.29 is 9.13 Å². The Morgan fingerprint density at radius 3 is 2.89 bits per heavy atom. The van der Waals surface area contributed by atoms with Gasteiger partial charge in [-0.25, -0.2) is 0 Å². The zero-order chi connectivity index (χ0) is 6.69. The van der Waals surface area contributed by atoms with Crippen LogP contribution in [0.2, 0.25) is 0 Å². The van der Waals surface area contributed by atoms with Gasteiger partial charge >= 0.3 is 0 Å². The van der Waals surface area contributed by atoms with E-state index < -0.39 is 5.83 Å². The molecule has 1 aliphatic rings. The lowest BCUT2D eigenvalue weighted by Crippen LogP contribution is -1.86. The topological polar surface area (TPSA) is 9.23 Å². The first-order valence-corrected chi connectivity index (χ1v) is 2.46. The minimum atomic E-state index is -0.500. The average Bonchev–Trinajstić information content (AvgIpc) is 1.89. The van der Waals surface area contributed by atoms with Crippen LogP contribution in [0.1, 0.15) is 0 Å². The Labute approximate surface area is 52.4 Å². The molecule has 0 bridgehead atoms. The molecule has 0 amide bonds. The SMILES string of the molecule is COC1=CC=C=C=C1F. The van der Waals surface area contributed by atoms with Crippen LogP contribution >= 0.6 is 0 Å². The fourth-order valence-electron chi connectivity index (χ4n) is 0.515. The molecule has 0 N–H and O–H groups in total. The molecule has 0 aromatic carbocycles. The van der Waals surface area contributed by atoms with Crippen molar-refractivity contribution in [2.24, 2.45) is 0 Å². The van der Waals surface area contributed by atoms with Crippen LogP contribution in [0.3, 0.4) is 0 Å². The van der Waals surface area contributed by atoms with Gasteiger partial charge in [0.25, 0.3) is 0 Å². The molecule has 0 radical (unpaired) electrons. The zero-order valence-electron chi connectivity index (χ0n) is 4.94. The fraction of sp³-hybridized carbons (Fsp3) is 0.143. The predicted molar refractivity (Wildman–Crippen MR) is 31.3 cm³/mol. The summed E-state index contributed by atoms with van der Waals surface area (Å²) in [4.78, 5) is 0. The molecular formula is C7H5FO. The van der Waals surface area contributed by atoms with E-state index in [0.29, 0.717) is 0 Å². The van der Waals surface area contributed by atoms with E-state index in [-0.39, 0.29) is 5.76 Å². The van der Waals surface area contributed by atoms with Crippen molar-refractivity contribution in [1.82, 2.24) is 0 Å². The maximum atomic E-state index is 12.4. The Morgan fingerprint density at radius 2 is 2.44 bits per heavy atom. The summed E-state index contributed by atoms with van der Waals surface area (Å²) in [6.45, 7) is 0. The first-order valence-electron chi connectivity index (χ1n) is 2.46. The third-order valence-electron chi connectivity index (χ3n) is 0.936. The van der Waals surface area contributed by atoms with Crippen molar-refractivity contribution in [3.63, 3.8) is 0 Å². The van der Waals surface area contributed by atoms with E-state index in [1.807, 2.05) is 0 Å². The summed E-state index contributed by atoms with van der Waals surface area (Å²) in [7, 11) is 1.41. The normalized spacial score (nSPS) is 14.9. The van der Waals surface area contributed by atoms with Crippen LogP contribution in [-0.4, -0.2) is 7.11 Å². The highest BCUT2D eigenvalue weighted by atomic mass is 19.1. The molecule has 0 aromatic heterocycles. The van der Waals surface area contributed by atoms with Crippen molar-refractivity contribution in [2.45, 2.75) is 0 Å². The van der Waals surface area contributed by atoms with Gasteiger partial charge in [-0.15, -0.1) is 0 Å². The monoisotopic (exact) mass is 124 g/mol. The van der Waals surface area contributed by atoms with Crippen LogP contribution in [-0.2, 0) is 4.74 Å². The second-order valence-corrected chi connectivity index (χ2v) is 1.49. The minimum Gasteiger partial charge on any atom is -0.493 e. The van der Waals surface area contributed by atoms with E-state index >= 15 is 0 Å². The van der Waals surface area contributed by atoms with Gasteiger partial charge in [-0.1, -0.05) is 5.73 Å². The molecule has 0 saturated carbocycles. The van der Waals surface area contributed by atoms with Crippen molar-refractivity contribution >= 4 is 0 Å². The number of ether oxygens (including phenoxy) is 1. The minimum absolute atomic E-state index is 0.203. The van der Waals surface area contributed by atoms with Gasteiger partial charge in [0.15, 0.2) is 5.76 Å². The molecule has 46 valence electrons. The lowest BCUT2D eigenvalue weighted by Gasteiger charge is -1.99. The molecule has 9 heavy (non-hydrogen) atoms. The maximum absolute atomic E-state index is 12.4. The quantitative estimate of drug-likeness (QED) is 0.483. The summed E-state index contributed by atoms with van der Waals surface area (Å²) >= 11 is 0. The van der Waals surface area contributed by atoms with Crippen molar-refractivity contribution in [3.05, 3.63) is 35.2 Å². The molecule has 0 saturated heterocycles. The Bertz CT molecular complexity index is 238.